The van der Waals surface area contributed by atoms with Gasteiger partial charge in [-0.3, -0.25) is 4.79 Å². The maximum absolute atomic E-state index is 12.3. The van der Waals surface area contributed by atoms with Gasteiger partial charge in [0.1, 0.15) is 0 Å². The number of aromatic nitrogens is 1. The number of hydrogen-bond donors (Lipinski definition) is 0. The van der Waals surface area contributed by atoms with Crippen LogP contribution in [0.25, 0.3) is 10.2 Å². The van der Waals surface area contributed by atoms with Gasteiger partial charge < -0.3 is 14.0 Å². The number of rotatable bonds is 8. The molecule has 7 nitrogen and oxygen atoms in total. The predicted molar refractivity (Wildman–Crippen MR) is 118 cm³/mol. The molecule has 1 aromatic heterocycles. The Morgan fingerprint density at radius 3 is 2.43 bits per heavy atom. The van der Waals surface area contributed by atoms with Gasteiger partial charge in [-0.15, -0.1) is 0 Å². The summed E-state index contributed by atoms with van der Waals surface area (Å²) in [6.45, 7) is 0. The van der Waals surface area contributed by atoms with Crippen molar-refractivity contribution in [3.63, 3.8) is 0 Å². The van der Waals surface area contributed by atoms with Crippen molar-refractivity contribution in [2.45, 2.75) is 18.6 Å². The van der Waals surface area contributed by atoms with E-state index in [1.54, 1.807) is 26.4 Å². The Morgan fingerprint density at radius 1 is 1.10 bits per heavy atom. The number of carbonyl (C=O) groups excluding carboxylic acids is 1. The number of hydrogen-bond acceptors (Lipinski definition) is 6. The van der Waals surface area contributed by atoms with Gasteiger partial charge in [0.2, 0.25) is 5.91 Å². The third-order valence-corrected chi connectivity index (χ3v) is 7.39. The Hall–Kier alpha value is -2.65. The van der Waals surface area contributed by atoms with Crippen molar-refractivity contribution in [2.75, 3.05) is 20.0 Å². The highest BCUT2D eigenvalue weighted by molar-refractivity contribution is 7.90. The molecule has 0 bridgehead atoms. The van der Waals surface area contributed by atoms with Crippen LogP contribution in [0, 0.1) is 0 Å². The van der Waals surface area contributed by atoms with Gasteiger partial charge in [-0.25, -0.2) is 8.42 Å². The second-order valence-electron chi connectivity index (χ2n) is 6.81. The molecule has 0 spiro atoms. The van der Waals surface area contributed by atoms with Gasteiger partial charge in [0.25, 0.3) is 0 Å². The fourth-order valence-electron chi connectivity index (χ4n) is 3.07. The number of carbonyl (C=O) groups is 1. The molecule has 0 unspecified atom stereocenters. The van der Waals surface area contributed by atoms with Crippen LogP contribution in [-0.4, -0.2) is 38.9 Å². The monoisotopic (exact) mass is 448 g/mol. The lowest BCUT2D eigenvalue weighted by molar-refractivity contribution is -0.118. The van der Waals surface area contributed by atoms with Crippen molar-refractivity contribution >= 4 is 37.3 Å². The molecule has 3 aromatic rings. The Morgan fingerprint density at radius 2 is 1.77 bits per heavy atom. The summed E-state index contributed by atoms with van der Waals surface area (Å²) in [5, 5.41) is 0. The van der Waals surface area contributed by atoms with Crippen LogP contribution in [-0.2, 0) is 27.4 Å². The fraction of sp³-hybridized carbons (Fsp3) is 0.333. The first-order valence-electron chi connectivity index (χ1n) is 9.36. The van der Waals surface area contributed by atoms with E-state index in [1.807, 2.05) is 41.9 Å². The van der Waals surface area contributed by atoms with Crippen LogP contribution in [0.1, 0.15) is 18.4 Å². The standard InChI is InChI=1S/C21H24N2O5S2/c1-23-16-12-17(27-2)18(28-3)13-19(16)29-21(23)22-20(24)10-7-11-30(25,26)14-15-8-5-4-6-9-15/h4-6,8-9,12-13H,7,10-11,14H2,1-3H3. The zero-order chi connectivity index (χ0) is 21.7. The molecule has 2 aromatic carbocycles. The van der Waals surface area contributed by atoms with Crippen molar-refractivity contribution in [3.8, 4) is 11.5 Å². The molecule has 0 saturated carbocycles. The highest BCUT2D eigenvalue weighted by atomic mass is 32.2. The summed E-state index contributed by atoms with van der Waals surface area (Å²) < 4.78 is 37.9. The summed E-state index contributed by atoms with van der Waals surface area (Å²) in [5.41, 5.74) is 1.62. The number of sulfone groups is 1. The van der Waals surface area contributed by atoms with Gasteiger partial charge in [0, 0.05) is 25.6 Å². The van der Waals surface area contributed by atoms with E-state index in [4.69, 9.17) is 9.47 Å². The number of benzene rings is 2. The fourth-order valence-corrected chi connectivity index (χ4v) is 5.54. The predicted octanol–water partition coefficient (Wildman–Crippen LogP) is 3.08. The number of ether oxygens (including phenoxy) is 2. The number of amides is 1. The molecule has 1 amide bonds. The van der Waals surface area contributed by atoms with Gasteiger partial charge in [-0.1, -0.05) is 41.7 Å². The third kappa shape index (κ3) is 5.28. The van der Waals surface area contributed by atoms with E-state index in [2.05, 4.69) is 4.99 Å². The second kappa shape index (κ2) is 9.44. The average molecular weight is 449 g/mol. The molecule has 160 valence electrons. The Balaban J connectivity index is 1.69. The smallest absolute Gasteiger partial charge is 0.248 e. The SMILES string of the molecule is COc1cc2sc(=NC(=O)CCCS(=O)(=O)Cc3ccccc3)n(C)c2cc1OC. The van der Waals surface area contributed by atoms with Gasteiger partial charge in [0.05, 0.1) is 35.9 Å². The minimum atomic E-state index is -3.27. The molecule has 0 N–H and O–H groups in total. The lowest BCUT2D eigenvalue weighted by atomic mass is 10.2. The van der Waals surface area contributed by atoms with E-state index in [1.165, 1.54) is 11.3 Å². The van der Waals surface area contributed by atoms with Crippen molar-refractivity contribution in [1.82, 2.24) is 4.57 Å². The molecule has 0 saturated heterocycles. The Labute approximate surface area is 179 Å². The maximum atomic E-state index is 12.3. The largest absolute Gasteiger partial charge is 0.493 e. The summed E-state index contributed by atoms with van der Waals surface area (Å²) in [7, 11) is 1.68. The van der Waals surface area contributed by atoms with Gasteiger partial charge in [-0.05, 0) is 12.0 Å². The molecule has 30 heavy (non-hydrogen) atoms. The highest BCUT2D eigenvalue weighted by Crippen LogP contribution is 2.33. The van der Waals surface area contributed by atoms with Crippen LogP contribution in [0.15, 0.2) is 47.5 Å². The van der Waals surface area contributed by atoms with E-state index < -0.39 is 9.84 Å². The number of fused-ring (bicyclic) bond motifs is 1. The van der Waals surface area contributed by atoms with Crippen LogP contribution >= 0.6 is 11.3 Å². The van der Waals surface area contributed by atoms with Gasteiger partial charge in [-0.2, -0.15) is 4.99 Å². The van der Waals surface area contributed by atoms with E-state index in [9.17, 15) is 13.2 Å². The molecule has 3 rings (SSSR count). The lowest BCUT2D eigenvalue weighted by Gasteiger charge is -2.07. The van der Waals surface area contributed by atoms with Crippen LogP contribution < -0.4 is 14.3 Å². The van der Waals surface area contributed by atoms with E-state index in [-0.39, 0.29) is 30.3 Å². The molecule has 0 fully saturated rings. The van der Waals surface area contributed by atoms with Gasteiger partial charge >= 0.3 is 0 Å². The first kappa shape index (κ1) is 22.0. The molecule has 9 heteroatoms. The molecular formula is C21H24N2O5S2. The normalized spacial score (nSPS) is 12.3. The summed E-state index contributed by atoms with van der Waals surface area (Å²) in [6.07, 6.45) is 0.322. The minimum Gasteiger partial charge on any atom is -0.493 e. The molecule has 0 aliphatic heterocycles. The van der Waals surface area contributed by atoms with E-state index in [0.717, 1.165) is 15.8 Å². The van der Waals surface area contributed by atoms with Crippen molar-refractivity contribution < 1.29 is 22.7 Å². The molecule has 0 radical (unpaired) electrons. The minimum absolute atomic E-state index is 0.0197. The second-order valence-corrected chi connectivity index (χ2v) is 10.00. The van der Waals surface area contributed by atoms with Crippen LogP contribution in [0.5, 0.6) is 11.5 Å². The zero-order valence-electron chi connectivity index (χ0n) is 17.1. The maximum Gasteiger partial charge on any atom is 0.248 e. The first-order valence-corrected chi connectivity index (χ1v) is 12.0. The average Bonchev–Trinajstić information content (AvgIpc) is 3.01. The summed E-state index contributed by atoms with van der Waals surface area (Å²) >= 11 is 1.36. The molecular weight excluding hydrogens is 424 g/mol. The number of methoxy groups -OCH3 is 2. The number of thiazole rings is 1. The van der Waals surface area contributed by atoms with Crippen LogP contribution in [0.4, 0.5) is 0 Å². The zero-order valence-corrected chi connectivity index (χ0v) is 18.8. The topological polar surface area (TPSA) is 87.0 Å². The third-order valence-electron chi connectivity index (χ3n) is 4.61. The van der Waals surface area contributed by atoms with Crippen molar-refractivity contribution in [3.05, 3.63) is 52.8 Å². The van der Waals surface area contributed by atoms with E-state index in [0.29, 0.717) is 16.3 Å². The molecule has 0 aliphatic carbocycles. The Bertz CT molecular complexity index is 1210. The summed E-state index contributed by atoms with van der Waals surface area (Å²) in [6, 6.07) is 12.7. The quantitative estimate of drug-likeness (QED) is 0.529. The van der Waals surface area contributed by atoms with Crippen LogP contribution in [0.3, 0.4) is 0 Å². The van der Waals surface area contributed by atoms with Crippen molar-refractivity contribution in [1.29, 1.82) is 0 Å². The van der Waals surface area contributed by atoms with Crippen molar-refractivity contribution in [2.24, 2.45) is 12.0 Å². The lowest BCUT2D eigenvalue weighted by Crippen LogP contribution is -2.14. The highest BCUT2D eigenvalue weighted by Gasteiger charge is 2.14. The number of aryl methyl sites for hydroxylation is 1. The first-order chi connectivity index (χ1) is 14.3. The summed E-state index contributed by atoms with van der Waals surface area (Å²) in [4.78, 5) is 17.0. The van der Waals surface area contributed by atoms with Crippen LogP contribution in [0.2, 0.25) is 0 Å². The molecule has 0 atom stereocenters. The van der Waals surface area contributed by atoms with E-state index >= 15 is 0 Å². The molecule has 1 heterocycles. The summed E-state index contributed by atoms with van der Waals surface area (Å²) in [5.74, 6) is 0.795. The molecule has 0 aliphatic rings. The Kier molecular flexibility index (Phi) is 6.94. The number of nitrogens with zero attached hydrogens (tertiary/aromatic N) is 2. The van der Waals surface area contributed by atoms with Gasteiger partial charge in [0.15, 0.2) is 26.1 Å².